The lowest BCUT2D eigenvalue weighted by Crippen LogP contribution is -2.35. The minimum atomic E-state index is 0.384. The van der Waals surface area contributed by atoms with Crippen LogP contribution in [0.3, 0.4) is 0 Å². The first-order valence-corrected chi connectivity index (χ1v) is 12.2. The molecule has 4 heterocycles. The molecule has 5 rings (SSSR count). The Labute approximate surface area is 196 Å². The highest BCUT2D eigenvalue weighted by Crippen LogP contribution is 2.39. The van der Waals surface area contributed by atoms with Gasteiger partial charge in [0.15, 0.2) is 11.4 Å². The third kappa shape index (κ3) is 4.12. The zero-order valence-corrected chi connectivity index (χ0v) is 20.4. The Balaban J connectivity index is 1.53. The lowest BCUT2D eigenvalue weighted by Gasteiger charge is -2.33. The van der Waals surface area contributed by atoms with Gasteiger partial charge >= 0.3 is 0 Å². The van der Waals surface area contributed by atoms with Gasteiger partial charge in [-0.1, -0.05) is 33.8 Å². The van der Waals surface area contributed by atoms with Crippen LogP contribution in [0.25, 0.3) is 27.8 Å². The Morgan fingerprint density at radius 3 is 2.61 bits per heavy atom. The molecule has 0 unspecified atom stereocenters. The van der Waals surface area contributed by atoms with Gasteiger partial charge in [-0.15, -0.1) is 0 Å². The van der Waals surface area contributed by atoms with Gasteiger partial charge in [0.2, 0.25) is 0 Å². The number of piperidine rings is 1. The van der Waals surface area contributed by atoms with Crippen LogP contribution in [0.4, 0.5) is 0 Å². The van der Waals surface area contributed by atoms with E-state index < -0.39 is 0 Å². The molecular formula is C27H35N5O. The van der Waals surface area contributed by atoms with E-state index in [9.17, 15) is 0 Å². The largest absolute Gasteiger partial charge is 0.493 e. The number of aromatic amines is 1. The van der Waals surface area contributed by atoms with Crippen molar-refractivity contribution in [2.45, 2.75) is 52.4 Å². The highest BCUT2D eigenvalue weighted by molar-refractivity contribution is 5.92. The molecule has 1 fully saturated rings. The number of hydrogen-bond donors (Lipinski definition) is 1. The highest BCUT2D eigenvalue weighted by atomic mass is 16.5. The molecule has 3 aromatic heterocycles. The van der Waals surface area contributed by atoms with Gasteiger partial charge in [-0.25, -0.2) is 9.50 Å². The minimum Gasteiger partial charge on any atom is -0.493 e. The number of H-pyrrole nitrogens is 1. The van der Waals surface area contributed by atoms with Crippen molar-refractivity contribution in [3.8, 4) is 17.0 Å². The van der Waals surface area contributed by atoms with Crippen molar-refractivity contribution in [3.05, 3.63) is 47.9 Å². The van der Waals surface area contributed by atoms with Crippen molar-refractivity contribution in [3.63, 3.8) is 0 Å². The highest BCUT2D eigenvalue weighted by Gasteiger charge is 2.23. The van der Waals surface area contributed by atoms with E-state index in [1.165, 1.54) is 54.5 Å². The maximum Gasteiger partial charge on any atom is 0.197 e. The number of methoxy groups -OCH3 is 1. The number of pyridine rings is 1. The fraction of sp³-hybridized carbons (Fsp3) is 0.481. The van der Waals surface area contributed by atoms with Crippen molar-refractivity contribution in [1.29, 1.82) is 0 Å². The predicted molar refractivity (Wildman–Crippen MR) is 134 cm³/mol. The second kappa shape index (κ2) is 8.82. The number of nitrogens with zero attached hydrogens (tertiary/aromatic N) is 4. The monoisotopic (exact) mass is 445 g/mol. The summed E-state index contributed by atoms with van der Waals surface area (Å²) < 4.78 is 7.40. The Bertz CT molecular complexity index is 1260. The Morgan fingerprint density at radius 2 is 1.91 bits per heavy atom. The number of ether oxygens (including phenoxy) is 1. The van der Waals surface area contributed by atoms with Crippen LogP contribution in [0, 0.1) is 5.92 Å². The second-order valence-electron chi connectivity index (χ2n) is 10.2. The molecule has 174 valence electrons. The summed E-state index contributed by atoms with van der Waals surface area (Å²) >= 11 is 0. The Morgan fingerprint density at radius 1 is 1.12 bits per heavy atom. The second-order valence-corrected chi connectivity index (χ2v) is 10.2. The van der Waals surface area contributed by atoms with E-state index in [1.807, 2.05) is 6.20 Å². The summed E-state index contributed by atoms with van der Waals surface area (Å²) in [6.45, 7) is 12.8. The Hall–Kier alpha value is -2.86. The lowest BCUT2D eigenvalue weighted by molar-refractivity contribution is 0.192. The molecule has 0 amide bonds. The molecular weight excluding hydrogens is 410 g/mol. The number of nitrogens with one attached hydrogen (secondary N) is 1. The molecule has 0 bridgehead atoms. The van der Waals surface area contributed by atoms with Crippen LogP contribution < -0.4 is 4.74 Å². The van der Waals surface area contributed by atoms with Gasteiger partial charge in [0.05, 0.1) is 12.8 Å². The maximum atomic E-state index is 5.61. The fourth-order valence-corrected chi connectivity index (χ4v) is 5.46. The average Bonchev–Trinajstić information content (AvgIpc) is 3.42. The quantitative estimate of drug-likeness (QED) is 0.405. The molecule has 1 aliphatic rings. The van der Waals surface area contributed by atoms with Crippen LogP contribution in [0.1, 0.15) is 63.5 Å². The van der Waals surface area contributed by atoms with Crippen LogP contribution in [0.2, 0.25) is 0 Å². The van der Waals surface area contributed by atoms with Crippen molar-refractivity contribution >= 4 is 16.6 Å². The van der Waals surface area contributed by atoms with E-state index in [1.54, 1.807) is 18.0 Å². The van der Waals surface area contributed by atoms with E-state index in [0.29, 0.717) is 11.8 Å². The summed E-state index contributed by atoms with van der Waals surface area (Å²) in [5.41, 5.74) is 6.95. The summed E-state index contributed by atoms with van der Waals surface area (Å²) in [7, 11) is 1.68. The average molecular weight is 446 g/mol. The van der Waals surface area contributed by atoms with E-state index in [-0.39, 0.29) is 0 Å². The normalized spacial score (nSPS) is 16.0. The van der Waals surface area contributed by atoms with Crippen molar-refractivity contribution < 1.29 is 4.74 Å². The minimum absolute atomic E-state index is 0.384. The summed E-state index contributed by atoms with van der Waals surface area (Å²) in [5.74, 6) is 2.49. The molecule has 1 saturated heterocycles. The van der Waals surface area contributed by atoms with Crippen LogP contribution in [-0.4, -0.2) is 51.2 Å². The lowest BCUT2D eigenvalue weighted by atomic mass is 9.87. The molecule has 0 aliphatic carbocycles. The SMILES string of the molecule is COc1cc(-c2[nH]c3ccc(C4CCN(CC(C)C)CC4)cc3c2C(C)C)cn2ncnc12. The summed E-state index contributed by atoms with van der Waals surface area (Å²) in [6, 6.07) is 9.10. The van der Waals surface area contributed by atoms with Crippen LogP contribution in [-0.2, 0) is 0 Å². The van der Waals surface area contributed by atoms with E-state index in [0.717, 1.165) is 28.6 Å². The molecule has 0 atom stereocenters. The van der Waals surface area contributed by atoms with E-state index in [4.69, 9.17) is 4.74 Å². The molecule has 6 nitrogen and oxygen atoms in total. The Kier molecular flexibility index (Phi) is 5.87. The van der Waals surface area contributed by atoms with Crippen LogP contribution in [0.5, 0.6) is 5.75 Å². The molecule has 1 aromatic carbocycles. The number of hydrogen-bond acceptors (Lipinski definition) is 4. The number of fused-ring (bicyclic) bond motifs is 2. The van der Waals surface area contributed by atoms with Gasteiger partial charge in [-0.3, -0.25) is 0 Å². The number of rotatable bonds is 6. The molecule has 4 aromatic rings. The number of benzene rings is 1. The van der Waals surface area contributed by atoms with Crippen molar-refractivity contribution in [2.24, 2.45) is 5.92 Å². The summed E-state index contributed by atoms with van der Waals surface area (Å²) in [5, 5.41) is 5.68. The van der Waals surface area contributed by atoms with E-state index >= 15 is 0 Å². The number of aromatic nitrogens is 4. The van der Waals surface area contributed by atoms with Gasteiger partial charge < -0.3 is 14.6 Å². The molecule has 0 spiro atoms. The molecule has 0 saturated carbocycles. The van der Waals surface area contributed by atoms with Crippen LogP contribution in [0.15, 0.2) is 36.8 Å². The first-order chi connectivity index (χ1) is 15.9. The summed E-state index contributed by atoms with van der Waals surface area (Å²) in [6.07, 6.45) is 6.08. The zero-order valence-electron chi connectivity index (χ0n) is 20.4. The topological polar surface area (TPSA) is 58.5 Å². The molecule has 33 heavy (non-hydrogen) atoms. The summed E-state index contributed by atoms with van der Waals surface area (Å²) in [4.78, 5) is 10.7. The fourth-order valence-electron chi connectivity index (χ4n) is 5.46. The third-order valence-corrected chi connectivity index (χ3v) is 6.97. The van der Waals surface area contributed by atoms with Crippen LogP contribution >= 0.6 is 0 Å². The molecule has 6 heteroatoms. The van der Waals surface area contributed by atoms with E-state index in [2.05, 4.69) is 71.9 Å². The smallest absolute Gasteiger partial charge is 0.197 e. The first-order valence-electron chi connectivity index (χ1n) is 12.2. The van der Waals surface area contributed by atoms with Gasteiger partial charge in [-0.2, -0.15) is 5.10 Å². The molecule has 1 N–H and O–H groups in total. The van der Waals surface area contributed by atoms with Crippen molar-refractivity contribution in [2.75, 3.05) is 26.7 Å². The van der Waals surface area contributed by atoms with Crippen molar-refractivity contribution in [1.82, 2.24) is 24.5 Å². The van der Waals surface area contributed by atoms with Gasteiger partial charge in [0, 0.05) is 29.2 Å². The van der Waals surface area contributed by atoms with Gasteiger partial charge in [0.25, 0.3) is 0 Å². The third-order valence-electron chi connectivity index (χ3n) is 6.97. The van der Waals surface area contributed by atoms with Gasteiger partial charge in [0.1, 0.15) is 6.33 Å². The molecule has 1 aliphatic heterocycles. The zero-order chi connectivity index (χ0) is 23.1. The van der Waals surface area contributed by atoms with Gasteiger partial charge in [-0.05, 0) is 73.0 Å². The predicted octanol–water partition coefficient (Wildman–Crippen LogP) is 5.85. The number of likely N-dealkylation sites (tertiary alicyclic amines) is 1. The standard InChI is InChI=1S/C27H35N5O/c1-17(2)14-31-10-8-19(9-11-31)20-6-7-23-22(12-20)25(18(3)4)26(30-23)21-13-24(33-5)27-28-16-29-32(27)15-21/h6-7,12-13,15-19,30H,8-11,14H2,1-5H3. The maximum absolute atomic E-state index is 5.61. The molecule has 0 radical (unpaired) electrons. The first kappa shape index (κ1) is 22.0.